The van der Waals surface area contributed by atoms with Gasteiger partial charge in [0.2, 0.25) is 0 Å². The Kier molecular flexibility index (Phi) is 3.65. The van der Waals surface area contributed by atoms with Crippen LogP contribution in [0.3, 0.4) is 0 Å². The van der Waals surface area contributed by atoms with Crippen molar-refractivity contribution in [2.75, 3.05) is 33.7 Å². The zero-order valence-electron chi connectivity index (χ0n) is 10.2. The standard InChI is InChI=1S/C12H25N3/c1-14-7-3-4-11(9-14)15(2)12-6-5-10(12)8-13/h10-12H,3-9,13H2,1-2H3. The van der Waals surface area contributed by atoms with E-state index in [1.807, 2.05) is 0 Å². The molecule has 1 saturated carbocycles. The van der Waals surface area contributed by atoms with Gasteiger partial charge in [-0.15, -0.1) is 0 Å². The van der Waals surface area contributed by atoms with Crippen LogP contribution in [-0.2, 0) is 0 Å². The number of nitrogens with zero attached hydrogens (tertiary/aromatic N) is 2. The van der Waals surface area contributed by atoms with Crippen molar-refractivity contribution in [2.24, 2.45) is 11.7 Å². The fourth-order valence-electron chi connectivity index (χ4n) is 3.10. The number of piperidine rings is 1. The third kappa shape index (κ3) is 2.35. The van der Waals surface area contributed by atoms with Crippen molar-refractivity contribution >= 4 is 0 Å². The molecule has 0 bridgehead atoms. The predicted molar refractivity (Wildman–Crippen MR) is 63.8 cm³/mol. The van der Waals surface area contributed by atoms with Gasteiger partial charge in [0.05, 0.1) is 0 Å². The molecule has 1 heterocycles. The minimum atomic E-state index is 0.766. The van der Waals surface area contributed by atoms with Gasteiger partial charge in [0.1, 0.15) is 0 Å². The van der Waals surface area contributed by atoms with Crippen molar-refractivity contribution in [1.82, 2.24) is 9.80 Å². The van der Waals surface area contributed by atoms with Gasteiger partial charge in [-0.25, -0.2) is 0 Å². The molecule has 0 amide bonds. The van der Waals surface area contributed by atoms with E-state index in [1.54, 1.807) is 0 Å². The maximum Gasteiger partial charge on any atom is 0.0223 e. The maximum absolute atomic E-state index is 5.78. The molecule has 0 aromatic carbocycles. The molecule has 88 valence electrons. The third-order valence-electron chi connectivity index (χ3n) is 4.38. The Morgan fingerprint density at radius 2 is 2.13 bits per heavy atom. The number of nitrogens with two attached hydrogens (primary N) is 1. The fourth-order valence-corrected chi connectivity index (χ4v) is 3.10. The van der Waals surface area contributed by atoms with E-state index in [4.69, 9.17) is 5.73 Å². The van der Waals surface area contributed by atoms with Gasteiger partial charge in [0.15, 0.2) is 0 Å². The van der Waals surface area contributed by atoms with E-state index in [1.165, 1.54) is 38.8 Å². The first kappa shape index (κ1) is 11.4. The molecule has 0 spiro atoms. The number of likely N-dealkylation sites (tertiary alicyclic amines) is 1. The Balaban J connectivity index is 1.86. The Hall–Kier alpha value is -0.120. The average Bonchev–Trinajstić information content (AvgIpc) is 2.17. The zero-order chi connectivity index (χ0) is 10.8. The van der Waals surface area contributed by atoms with Crippen molar-refractivity contribution in [3.05, 3.63) is 0 Å². The summed E-state index contributed by atoms with van der Waals surface area (Å²) in [5.41, 5.74) is 5.78. The summed E-state index contributed by atoms with van der Waals surface area (Å²) in [6.07, 6.45) is 5.42. The summed E-state index contributed by atoms with van der Waals surface area (Å²) in [4.78, 5) is 5.07. The lowest BCUT2D eigenvalue weighted by molar-refractivity contribution is 0.0258. The molecule has 2 aliphatic rings. The van der Waals surface area contributed by atoms with E-state index >= 15 is 0 Å². The molecule has 1 aliphatic heterocycles. The Morgan fingerprint density at radius 1 is 1.33 bits per heavy atom. The second-order valence-corrected chi connectivity index (χ2v) is 5.36. The van der Waals surface area contributed by atoms with Gasteiger partial charge in [0, 0.05) is 18.6 Å². The molecule has 2 fully saturated rings. The summed E-state index contributed by atoms with van der Waals surface area (Å²) in [5, 5.41) is 0. The number of hydrogen-bond donors (Lipinski definition) is 1. The highest BCUT2D eigenvalue weighted by molar-refractivity contribution is 4.92. The van der Waals surface area contributed by atoms with Crippen molar-refractivity contribution in [3.63, 3.8) is 0 Å². The Morgan fingerprint density at radius 3 is 2.67 bits per heavy atom. The van der Waals surface area contributed by atoms with E-state index in [0.29, 0.717) is 0 Å². The van der Waals surface area contributed by atoms with Crippen molar-refractivity contribution in [1.29, 1.82) is 0 Å². The van der Waals surface area contributed by atoms with E-state index < -0.39 is 0 Å². The van der Waals surface area contributed by atoms with Crippen LogP contribution in [0.4, 0.5) is 0 Å². The zero-order valence-corrected chi connectivity index (χ0v) is 10.2. The summed E-state index contributed by atoms with van der Waals surface area (Å²) in [5.74, 6) is 0.766. The molecule has 3 heteroatoms. The van der Waals surface area contributed by atoms with Crippen LogP contribution in [0.5, 0.6) is 0 Å². The quantitative estimate of drug-likeness (QED) is 0.748. The topological polar surface area (TPSA) is 32.5 Å². The van der Waals surface area contributed by atoms with Crippen LogP contribution < -0.4 is 5.73 Å². The summed E-state index contributed by atoms with van der Waals surface area (Å²) in [7, 11) is 4.54. The van der Waals surface area contributed by atoms with Gasteiger partial charge in [-0.05, 0) is 58.8 Å². The van der Waals surface area contributed by atoms with Gasteiger partial charge in [0.25, 0.3) is 0 Å². The first-order valence-corrected chi connectivity index (χ1v) is 6.33. The van der Waals surface area contributed by atoms with Crippen LogP contribution in [0.2, 0.25) is 0 Å². The molecule has 1 aliphatic carbocycles. The van der Waals surface area contributed by atoms with Gasteiger partial charge >= 0.3 is 0 Å². The second kappa shape index (κ2) is 4.81. The molecule has 0 aromatic rings. The van der Waals surface area contributed by atoms with Crippen LogP contribution in [-0.4, -0.2) is 55.6 Å². The number of hydrogen-bond acceptors (Lipinski definition) is 3. The minimum absolute atomic E-state index is 0.766. The lowest BCUT2D eigenvalue weighted by atomic mass is 9.78. The SMILES string of the molecule is CN1CCCC(N(C)C2CCC2CN)C1. The fraction of sp³-hybridized carbons (Fsp3) is 1.00. The summed E-state index contributed by atoms with van der Waals surface area (Å²) >= 11 is 0. The molecule has 15 heavy (non-hydrogen) atoms. The van der Waals surface area contributed by atoms with E-state index in [0.717, 1.165) is 24.5 Å². The van der Waals surface area contributed by atoms with E-state index in [2.05, 4.69) is 23.9 Å². The third-order valence-corrected chi connectivity index (χ3v) is 4.38. The van der Waals surface area contributed by atoms with E-state index in [-0.39, 0.29) is 0 Å². The molecule has 0 aromatic heterocycles. The molecule has 3 unspecified atom stereocenters. The largest absolute Gasteiger partial charge is 0.330 e. The Labute approximate surface area is 93.6 Å². The van der Waals surface area contributed by atoms with Gasteiger partial charge in [-0.1, -0.05) is 0 Å². The molecule has 2 rings (SSSR count). The van der Waals surface area contributed by atoms with E-state index in [9.17, 15) is 0 Å². The molecule has 0 radical (unpaired) electrons. The second-order valence-electron chi connectivity index (χ2n) is 5.36. The first-order valence-electron chi connectivity index (χ1n) is 6.33. The highest BCUT2D eigenvalue weighted by Gasteiger charge is 2.36. The summed E-state index contributed by atoms with van der Waals surface area (Å²) < 4.78 is 0. The van der Waals surface area contributed by atoms with Crippen LogP contribution in [0.25, 0.3) is 0 Å². The normalized spacial score (nSPS) is 38.0. The molecule has 3 atom stereocenters. The number of likely N-dealkylation sites (N-methyl/N-ethyl adjacent to an activating group) is 2. The molecule has 2 N–H and O–H groups in total. The number of rotatable bonds is 3. The van der Waals surface area contributed by atoms with Crippen molar-refractivity contribution in [2.45, 2.75) is 37.8 Å². The highest BCUT2D eigenvalue weighted by atomic mass is 15.2. The van der Waals surface area contributed by atoms with Gasteiger partial charge < -0.3 is 10.6 Å². The lowest BCUT2D eigenvalue weighted by Crippen LogP contribution is -2.55. The van der Waals surface area contributed by atoms with Crippen LogP contribution in [0, 0.1) is 5.92 Å². The van der Waals surface area contributed by atoms with Crippen LogP contribution in [0.15, 0.2) is 0 Å². The lowest BCUT2D eigenvalue weighted by Gasteiger charge is -2.47. The monoisotopic (exact) mass is 211 g/mol. The molecular formula is C12H25N3. The summed E-state index contributed by atoms with van der Waals surface area (Å²) in [6, 6.07) is 1.54. The smallest absolute Gasteiger partial charge is 0.0223 e. The first-order chi connectivity index (χ1) is 7.22. The Bertz CT molecular complexity index is 205. The highest BCUT2D eigenvalue weighted by Crippen LogP contribution is 2.32. The van der Waals surface area contributed by atoms with Crippen molar-refractivity contribution in [3.8, 4) is 0 Å². The molecule has 3 nitrogen and oxygen atoms in total. The minimum Gasteiger partial charge on any atom is -0.330 e. The van der Waals surface area contributed by atoms with Crippen molar-refractivity contribution < 1.29 is 0 Å². The van der Waals surface area contributed by atoms with Gasteiger partial charge in [-0.2, -0.15) is 0 Å². The molecular weight excluding hydrogens is 186 g/mol. The predicted octanol–water partition coefficient (Wildman–Crippen LogP) is 0.750. The maximum atomic E-state index is 5.78. The van der Waals surface area contributed by atoms with Crippen LogP contribution >= 0.6 is 0 Å². The van der Waals surface area contributed by atoms with Gasteiger partial charge in [-0.3, -0.25) is 4.90 Å². The molecule has 1 saturated heterocycles. The van der Waals surface area contributed by atoms with Crippen LogP contribution in [0.1, 0.15) is 25.7 Å². The summed E-state index contributed by atoms with van der Waals surface area (Å²) in [6.45, 7) is 3.39. The average molecular weight is 211 g/mol.